The Hall–Kier alpha value is -2.10. The van der Waals surface area contributed by atoms with Crippen LogP contribution in [0.3, 0.4) is 0 Å². The highest BCUT2D eigenvalue weighted by Gasteiger charge is 2.13. The summed E-state index contributed by atoms with van der Waals surface area (Å²) < 4.78 is 4.87. The minimum Gasteiger partial charge on any atom is -0.361 e. The van der Waals surface area contributed by atoms with Gasteiger partial charge in [0, 0.05) is 5.69 Å². The molecule has 0 aliphatic carbocycles. The number of aryl methyl sites for hydroxylation is 2. The summed E-state index contributed by atoms with van der Waals surface area (Å²) in [6.45, 7) is 3.77. The van der Waals surface area contributed by atoms with Crippen molar-refractivity contribution in [2.45, 2.75) is 20.3 Å². The molecule has 0 aliphatic heterocycles. The van der Waals surface area contributed by atoms with Crippen LogP contribution in [0.25, 0.3) is 0 Å². The summed E-state index contributed by atoms with van der Waals surface area (Å²) >= 11 is 0. The predicted octanol–water partition coefficient (Wildman–Crippen LogP) is 2.80. The lowest BCUT2D eigenvalue weighted by molar-refractivity contribution is 0.102. The molecule has 1 aromatic heterocycles. The molecule has 1 heterocycles. The fourth-order valence-corrected chi connectivity index (χ4v) is 1.66. The van der Waals surface area contributed by atoms with E-state index in [9.17, 15) is 4.79 Å². The molecule has 0 atom stereocenters. The topological polar surface area (TPSA) is 55.1 Å². The predicted molar refractivity (Wildman–Crippen MR) is 65.0 cm³/mol. The van der Waals surface area contributed by atoms with Gasteiger partial charge < -0.3 is 9.84 Å². The third kappa shape index (κ3) is 2.36. The van der Waals surface area contributed by atoms with E-state index >= 15 is 0 Å². The van der Waals surface area contributed by atoms with Gasteiger partial charge in [-0.25, -0.2) is 0 Å². The van der Waals surface area contributed by atoms with Crippen LogP contribution < -0.4 is 5.32 Å². The molecular weight excluding hydrogens is 216 g/mol. The van der Waals surface area contributed by atoms with Crippen molar-refractivity contribution >= 4 is 11.6 Å². The second kappa shape index (κ2) is 4.82. The first kappa shape index (κ1) is 11.4. The fraction of sp³-hybridized carbons (Fsp3) is 0.231. The van der Waals surface area contributed by atoms with E-state index in [-0.39, 0.29) is 5.91 Å². The van der Waals surface area contributed by atoms with E-state index in [4.69, 9.17) is 4.52 Å². The highest BCUT2D eigenvalue weighted by molar-refractivity contribution is 6.05. The number of amides is 1. The molecule has 0 saturated heterocycles. The summed E-state index contributed by atoms with van der Waals surface area (Å²) in [7, 11) is 0. The molecule has 1 N–H and O–H groups in total. The summed E-state index contributed by atoms with van der Waals surface area (Å²) in [6.07, 6.45) is 2.30. The van der Waals surface area contributed by atoms with E-state index in [2.05, 4.69) is 17.4 Å². The van der Waals surface area contributed by atoms with Crippen molar-refractivity contribution in [1.29, 1.82) is 0 Å². The molecule has 0 fully saturated rings. The molecule has 0 radical (unpaired) electrons. The standard InChI is InChI=1S/C13H14N2O2/c1-3-10-6-4-5-7-12(10)15-13(16)11-8-14-17-9(11)2/h4-8H,3H2,1-2H3,(H,15,16). The van der Waals surface area contributed by atoms with Crippen molar-refractivity contribution in [2.24, 2.45) is 0 Å². The molecule has 0 aliphatic rings. The van der Waals surface area contributed by atoms with Gasteiger partial charge in [0.05, 0.1) is 6.20 Å². The number of anilines is 1. The average Bonchev–Trinajstić information content (AvgIpc) is 2.76. The molecule has 4 heteroatoms. The van der Waals surface area contributed by atoms with E-state index in [0.717, 1.165) is 17.7 Å². The van der Waals surface area contributed by atoms with Crippen LogP contribution in [0.15, 0.2) is 35.0 Å². The Labute approximate surface area is 99.6 Å². The summed E-state index contributed by atoms with van der Waals surface area (Å²) in [4.78, 5) is 12.0. The zero-order valence-corrected chi connectivity index (χ0v) is 9.86. The second-order valence-electron chi connectivity index (χ2n) is 3.76. The maximum atomic E-state index is 12.0. The zero-order chi connectivity index (χ0) is 12.3. The first-order chi connectivity index (χ1) is 8.22. The molecule has 2 aromatic rings. The lowest BCUT2D eigenvalue weighted by Crippen LogP contribution is -2.13. The van der Waals surface area contributed by atoms with Crippen molar-refractivity contribution in [3.8, 4) is 0 Å². The van der Waals surface area contributed by atoms with Crippen molar-refractivity contribution in [2.75, 3.05) is 5.32 Å². The zero-order valence-electron chi connectivity index (χ0n) is 9.86. The smallest absolute Gasteiger partial charge is 0.260 e. The van der Waals surface area contributed by atoms with E-state index in [1.165, 1.54) is 6.20 Å². The number of benzene rings is 1. The Balaban J connectivity index is 2.22. The van der Waals surface area contributed by atoms with E-state index < -0.39 is 0 Å². The number of carbonyl (C=O) groups is 1. The van der Waals surface area contributed by atoms with Crippen molar-refractivity contribution < 1.29 is 9.32 Å². The molecule has 0 bridgehead atoms. The molecule has 1 amide bonds. The van der Waals surface area contributed by atoms with Crippen molar-refractivity contribution in [1.82, 2.24) is 5.16 Å². The van der Waals surface area contributed by atoms with Gasteiger partial charge in [-0.1, -0.05) is 30.3 Å². The van der Waals surface area contributed by atoms with Crippen molar-refractivity contribution in [3.05, 3.63) is 47.3 Å². The maximum absolute atomic E-state index is 12.0. The van der Waals surface area contributed by atoms with Crippen LogP contribution in [0.2, 0.25) is 0 Å². The molecular formula is C13H14N2O2. The monoisotopic (exact) mass is 230 g/mol. The van der Waals surface area contributed by atoms with Crippen LogP contribution in [0, 0.1) is 6.92 Å². The first-order valence-corrected chi connectivity index (χ1v) is 5.53. The summed E-state index contributed by atoms with van der Waals surface area (Å²) in [6, 6.07) is 7.74. The lowest BCUT2D eigenvalue weighted by Gasteiger charge is -2.08. The molecule has 88 valence electrons. The number of carbonyl (C=O) groups excluding carboxylic acids is 1. The number of nitrogens with one attached hydrogen (secondary N) is 1. The highest BCUT2D eigenvalue weighted by atomic mass is 16.5. The molecule has 1 aromatic carbocycles. The summed E-state index contributed by atoms with van der Waals surface area (Å²) in [5, 5.41) is 6.46. The third-order valence-electron chi connectivity index (χ3n) is 2.64. The van der Waals surface area contributed by atoms with Gasteiger partial charge in [-0.3, -0.25) is 4.79 Å². The van der Waals surface area contributed by atoms with Gasteiger partial charge in [0.25, 0.3) is 5.91 Å². The Morgan fingerprint density at radius 2 is 2.18 bits per heavy atom. The third-order valence-corrected chi connectivity index (χ3v) is 2.64. The quantitative estimate of drug-likeness (QED) is 0.882. The van der Waals surface area contributed by atoms with Crippen LogP contribution in [-0.2, 0) is 6.42 Å². The van der Waals surface area contributed by atoms with E-state index in [1.807, 2.05) is 24.3 Å². The average molecular weight is 230 g/mol. The second-order valence-corrected chi connectivity index (χ2v) is 3.76. The van der Waals surface area contributed by atoms with E-state index in [1.54, 1.807) is 6.92 Å². The number of aromatic nitrogens is 1. The van der Waals surface area contributed by atoms with Gasteiger partial charge in [0.1, 0.15) is 11.3 Å². The lowest BCUT2D eigenvalue weighted by atomic mass is 10.1. The molecule has 0 unspecified atom stereocenters. The van der Waals surface area contributed by atoms with Gasteiger partial charge in [-0.05, 0) is 25.0 Å². The van der Waals surface area contributed by atoms with E-state index in [0.29, 0.717) is 11.3 Å². The minimum atomic E-state index is -0.190. The van der Waals surface area contributed by atoms with Gasteiger partial charge in [-0.15, -0.1) is 0 Å². The van der Waals surface area contributed by atoms with Gasteiger partial charge >= 0.3 is 0 Å². The first-order valence-electron chi connectivity index (χ1n) is 5.53. The molecule has 2 rings (SSSR count). The minimum absolute atomic E-state index is 0.190. The van der Waals surface area contributed by atoms with Crippen LogP contribution >= 0.6 is 0 Å². The van der Waals surface area contributed by atoms with Crippen molar-refractivity contribution in [3.63, 3.8) is 0 Å². The molecule has 4 nitrogen and oxygen atoms in total. The van der Waals surface area contributed by atoms with Crippen LogP contribution in [0.1, 0.15) is 28.6 Å². The summed E-state index contributed by atoms with van der Waals surface area (Å²) in [5.41, 5.74) is 2.41. The van der Waals surface area contributed by atoms with Crippen LogP contribution in [0.5, 0.6) is 0 Å². The molecule has 0 spiro atoms. The molecule has 17 heavy (non-hydrogen) atoms. The number of hydrogen-bond acceptors (Lipinski definition) is 3. The Morgan fingerprint density at radius 1 is 1.41 bits per heavy atom. The largest absolute Gasteiger partial charge is 0.361 e. The Morgan fingerprint density at radius 3 is 2.82 bits per heavy atom. The van der Waals surface area contributed by atoms with Crippen LogP contribution in [0.4, 0.5) is 5.69 Å². The fourth-order valence-electron chi connectivity index (χ4n) is 1.66. The Kier molecular flexibility index (Phi) is 3.23. The number of nitrogens with zero attached hydrogens (tertiary/aromatic N) is 1. The van der Waals surface area contributed by atoms with Gasteiger partial charge in [-0.2, -0.15) is 0 Å². The highest BCUT2D eigenvalue weighted by Crippen LogP contribution is 2.17. The van der Waals surface area contributed by atoms with Gasteiger partial charge in [0.15, 0.2) is 0 Å². The number of rotatable bonds is 3. The Bertz CT molecular complexity index is 532. The number of para-hydroxylation sites is 1. The van der Waals surface area contributed by atoms with Gasteiger partial charge in [0.2, 0.25) is 0 Å². The normalized spacial score (nSPS) is 10.2. The maximum Gasteiger partial charge on any atom is 0.260 e. The molecule has 0 saturated carbocycles. The SMILES string of the molecule is CCc1ccccc1NC(=O)c1cnoc1C. The van der Waals surface area contributed by atoms with Crippen LogP contribution in [-0.4, -0.2) is 11.1 Å². The number of hydrogen-bond donors (Lipinski definition) is 1. The summed E-state index contributed by atoms with van der Waals surface area (Å²) in [5.74, 6) is 0.334.